The molecule has 0 bridgehead atoms. The maximum atomic E-state index is 5.91. The number of ether oxygens (including phenoxy) is 2. The van der Waals surface area contributed by atoms with Crippen LogP contribution in [0.4, 0.5) is 0 Å². The second-order valence-electron chi connectivity index (χ2n) is 4.93. The molecule has 2 unspecified atom stereocenters. The average Bonchev–Trinajstić information content (AvgIpc) is 2.30. The third-order valence-corrected chi connectivity index (χ3v) is 3.48. The van der Waals surface area contributed by atoms with E-state index in [0.29, 0.717) is 24.0 Å². The van der Waals surface area contributed by atoms with Gasteiger partial charge in [0.15, 0.2) is 0 Å². The van der Waals surface area contributed by atoms with Crippen molar-refractivity contribution in [3.05, 3.63) is 0 Å². The van der Waals surface area contributed by atoms with Gasteiger partial charge in [-0.2, -0.15) is 0 Å². The molecule has 0 aromatic heterocycles. The first-order valence-corrected chi connectivity index (χ1v) is 6.57. The van der Waals surface area contributed by atoms with Gasteiger partial charge in [0.25, 0.3) is 0 Å². The van der Waals surface area contributed by atoms with Crippen LogP contribution in [0, 0.1) is 11.8 Å². The number of hydrogen-bond acceptors (Lipinski definition) is 3. The predicted molar refractivity (Wildman–Crippen MR) is 66.6 cm³/mol. The second-order valence-corrected chi connectivity index (χ2v) is 4.93. The summed E-state index contributed by atoms with van der Waals surface area (Å²) in [6.07, 6.45) is 2.63. The molecule has 0 saturated carbocycles. The maximum absolute atomic E-state index is 5.91. The minimum atomic E-state index is 0.318. The Hall–Kier alpha value is -0.120. The van der Waals surface area contributed by atoms with E-state index in [0.717, 1.165) is 32.7 Å². The molecule has 1 heterocycles. The highest BCUT2D eigenvalue weighted by molar-refractivity contribution is 4.86. The van der Waals surface area contributed by atoms with Crippen LogP contribution in [0.2, 0.25) is 0 Å². The van der Waals surface area contributed by atoms with Crippen molar-refractivity contribution in [1.82, 2.24) is 5.32 Å². The molecule has 0 radical (unpaired) electrons. The Balaban J connectivity index is 2.60. The fourth-order valence-corrected chi connectivity index (χ4v) is 2.65. The summed E-state index contributed by atoms with van der Waals surface area (Å²) >= 11 is 0. The van der Waals surface area contributed by atoms with E-state index in [2.05, 4.69) is 33.1 Å². The molecular weight excluding hydrogens is 202 g/mol. The Morgan fingerprint density at radius 2 is 1.94 bits per heavy atom. The third-order valence-electron chi connectivity index (χ3n) is 3.48. The van der Waals surface area contributed by atoms with E-state index in [1.807, 2.05) is 0 Å². The SMILES string of the molecule is CCOC(C(C)C)C(NC)C1CCOCC1. The molecule has 1 aliphatic rings. The van der Waals surface area contributed by atoms with Crippen LogP contribution in [0.25, 0.3) is 0 Å². The number of rotatable bonds is 6. The van der Waals surface area contributed by atoms with Gasteiger partial charge in [-0.1, -0.05) is 13.8 Å². The summed E-state index contributed by atoms with van der Waals surface area (Å²) in [5, 5.41) is 3.46. The quantitative estimate of drug-likeness (QED) is 0.756. The molecule has 1 aliphatic heterocycles. The Labute approximate surface area is 99.9 Å². The van der Waals surface area contributed by atoms with Gasteiger partial charge in [0, 0.05) is 25.9 Å². The predicted octanol–water partition coefficient (Wildman–Crippen LogP) is 2.06. The van der Waals surface area contributed by atoms with Crippen LogP contribution in [0.3, 0.4) is 0 Å². The van der Waals surface area contributed by atoms with E-state index >= 15 is 0 Å². The lowest BCUT2D eigenvalue weighted by Crippen LogP contribution is -2.49. The van der Waals surface area contributed by atoms with Gasteiger partial charge in [-0.3, -0.25) is 0 Å². The second kappa shape index (κ2) is 7.25. The largest absolute Gasteiger partial charge is 0.381 e. The van der Waals surface area contributed by atoms with E-state index in [9.17, 15) is 0 Å². The molecule has 0 aromatic rings. The fourth-order valence-electron chi connectivity index (χ4n) is 2.65. The summed E-state index contributed by atoms with van der Waals surface area (Å²) in [6, 6.07) is 0.462. The highest BCUT2D eigenvalue weighted by Gasteiger charge is 2.31. The molecule has 96 valence electrons. The van der Waals surface area contributed by atoms with Crippen molar-refractivity contribution in [2.45, 2.75) is 45.8 Å². The van der Waals surface area contributed by atoms with Gasteiger partial charge < -0.3 is 14.8 Å². The molecular formula is C13H27NO2. The minimum absolute atomic E-state index is 0.318. The van der Waals surface area contributed by atoms with Crippen LogP contribution in [0.15, 0.2) is 0 Å². The minimum Gasteiger partial charge on any atom is -0.381 e. The van der Waals surface area contributed by atoms with Crippen LogP contribution >= 0.6 is 0 Å². The van der Waals surface area contributed by atoms with Crippen LogP contribution in [-0.4, -0.2) is 39.0 Å². The lowest BCUT2D eigenvalue weighted by Gasteiger charge is -2.37. The van der Waals surface area contributed by atoms with Gasteiger partial charge in [0.1, 0.15) is 0 Å². The Morgan fingerprint density at radius 1 is 1.31 bits per heavy atom. The van der Waals surface area contributed by atoms with Gasteiger partial charge in [-0.25, -0.2) is 0 Å². The highest BCUT2D eigenvalue weighted by atomic mass is 16.5. The molecule has 1 rings (SSSR count). The summed E-state index contributed by atoms with van der Waals surface area (Å²) in [5.41, 5.74) is 0. The van der Waals surface area contributed by atoms with Gasteiger partial charge in [-0.15, -0.1) is 0 Å². The van der Waals surface area contributed by atoms with Crippen molar-refractivity contribution >= 4 is 0 Å². The highest BCUT2D eigenvalue weighted by Crippen LogP contribution is 2.25. The standard InChI is InChI=1S/C13H27NO2/c1-5-16-13(10(2)3)12(14-4)11-6-8-15-9-7-11/h10-14H,5-9H2,1-4H3. The van der Waals surface area contributed by atoms with E-state index in [4.69, 9.17) is 9.47 Å². The first kappa shape index (κ1) is 13.9. The molecule has 0 aliphatic carbocycles. The smallest absolute Gasteiger partial charge is 0.0753 e. The molecule has 1 saturated heterocycles. The maximum Gasteiger partial charge on any atom is 0.0753 e. The van der Waals surface area contributed by atoms with Gasteiger partial charge in [0.2, 0.25) is 0 Å². The van der Waals surface area contributed by atoms with Crippen LogP contribution in [-0.2, 0) is 9.47 Å². The van der Waals surface area contributed by atoms with Crippen LogP contribution in [0.5, 0.6) is 0 Å². The molecule has 3 heteroatoms. The Bertz CT molecular complexity index is 179. The molecule has 2 atom stereocenters. The van der Waals surface area contributed by atoms with E-state index < -0.39 is 0 Å². The molecule has 1 N–H and O–H groups in total. The molecule has 0 aromatic carbocycles. The van der Waals surface area contributed by atoms with Crippen molar-refractivity contribution in [3.63, 3.8) is 0 Å². The van der Waals surface area contributed by atoms with E-state index in [1.165, 1.54) is 0 Å². The number of nitrogens with one attached hydrogen (secondary N) is 1. The van der Waals surface area contributed by atoms with E-state index in [-0.39, 0.29) is 0 Å². The monoisotopic (exact) mass is 229 g/mol. The normalized spacial score (nSPS) is 22.3. The fraction of sp³-hybridized carbons (Fsp3) is 1.00. The number of likely N-dealkylation sites (N-methyl/N-ethyl adjacent to an activating group) is 1. The zero-order chi connectivity index (χ0) is 12.0. The third kappa shape index (κ3) is 3.72. The van der Waals surface area contributed by atoms with E-state index in [1.54, 1.807) is 0 Å². The van der Waals surface area contributed by atoms with Gasteiger partial charge >= 0.3 is 0 Å². The first-order valence-electron chi connectivity index (χ1n) is 6.57. The summed E-state index contributed by atoms with van der Waals surface area (Å²) in [4.78, 5) is 0. The average molecular weight is 229 g/mol. The molecule has 0 amide bonds. The summed E-state index contributed by atoms with van der Waals surface area (Å²) in [5.74, 6) is 1.25. The zero-order valence-corrected chi connectivity index (χ0v) is 11.2. The van der Waals surface area contributed by atoms with Crippen molar-refractivity contribution in [2.24, 2.45) is 11.8 Å². The molecule has 1 fully saturated rings. The van der Waals surface area contributed by atoms with Crippen molar-refractivity contribution in [2.75, 3.05) is 26.9 Å². The Morgan fingerprint density at radius 3 is 2.38 bits per heavy atom. The molecule has 3 nitrogen and oxygen atoms in total. The van der Waals surface area contributed by atoms with Crippen LogP contribution in [0.1, 0.15) is 33.6 Å². The zero-order valence-electron chi connectivity index (χ0n) is 11.2. The van der Waals surface area contributed by atoms with Crippen molar-refractivity contribution in [3.8, 4) is 0 Å². The van der Waals surface area contributed by atoms with Gasteiger partial charge in [0.05, 0.1) is 6.10 Å². The van der Waals surface area contributed by atoms with Crippen molar-refractivity contribution in [1.29, 1.82) is 0 Å². The summed E-state index contributed by atoms with van der Waals surface area (Å²) < 4.78 is 11.3. The lowest BCUT2D eigenvalue weighted by molar-refractivity contribution is -0.0312. The topological polar surface area (TPSA) is 30.5 Å². The van der Waals surface area contributed by atoms with Crippen LogP contribution < -0.4 is 5.32 Å². The molecule has 16 heavy (non-hydrogen) atoms. The Kier molecular flexibility index (Phi) is 6.32. The summed E-state index contributed by atoms with van der Waals surface area (Å²) in [7, 11) is 2.05. The first-order chi connectivity index (χ1) is 7.70. The molecule has 0 spiro atoms. The van der Waals surface area contributed by atoms with Crippen molar-refractivity contribution < 1.29 is 9.47 Å². The lowest BCUT2D eigenvalue weighted by atomic mass is 9.84. The number of hydrogen-bond donors (Lipinski definition) is 1. The van der Waals surface area contributed by atoms with Gasteiger partial charge in [-0.05, 0) is 38.6 Å². The summed E-state index contributed by atoms with van der Waals surface area (Å²) in [6.45, 7) is 9.16.